The Morgan fingerprint density at radius 3 is 2.27 bits per heavy atom. The predicted octanol–water partition coefficient (Wildman–Crippen LogP) is 10.2. The Kier molecular flexibility index (Phi) is 11.1. The Morgan fingerprint density at radius 1 is 0.769 bits per heavy atom. The summed E-state index contributed by atoms with van der Waals surface area (Å²) < 4.78 is 0. The number of nitrogens with one attached hydrogen (secondary N) is 1. The first-order valence-corrected chi connectivity index (χ1v) is 19.1. The van der Waals surface area contributed by atoms with Crippen molar-refractivity contribution in [3.63, 3.8) is 0 Å². The zero-order valence-electron chi connectivity index (χ0n) is 30.7. The highest BCUT2D eigenvalue weighted by Crippen LogP contribution is 2.48. The van der Waals surface area contributed by atoms with Gasteiger partial charge < -0.3 is 16.0 Å². The van der Waals surface area contributed by atoms with Gasteiger partial charge in [0.05, 0.1) is 5.92 Å². The summed E-state index contributed by atoms with van der Waals surface area (Å²) in [6.45, 7) is 1.63. The van der Waals surface area contributed by atoms with Gasteiger partial charge in [-0.25, -0.2) is 0 Å². The van der Waals surface area contributed by atoms with Crippen LogP contribution >= 0.6 is 0 Å². The van der Waals surface area contributed by atoms with Crippen LogP contribution in [0.2, 0.25) is 0 Å². The number of carbonyl (C=O) groups excluding carboxylic acids is 2. The lowest BCUT2D eigenvalue weighted by Gasteiger charge is -2.34. The molecule has 0 radical (unpaired) electrons. The molecule has 5 heteroatoms. The molecular formula is C47H51N3O2. The van der Waals surface area contributed by atoms with E-state index in [0.717, 1.165) is 29.7 Å². The smallest absolute Gasteiger partial charge is 0.256 e. The van der Waals surface area contributed by atoms with Crippen LogP contribution in [0.25, 0.3) is 22.3 Å². The van der Waals surface area contributed by atoms with Gasteiger partial charge >= 0.3 is 0 Å². The van der Waals surface area contributed by atoms with Crippen molar-refractivity contribution in [3.8, 4) is 22.3 Å². The molecule has 7 rings (SSSR count). The minimum absolute atomic E-state index is 0.149. The number of fused-ring (bicyclic) bond motifs is 5. The molecule has 3 N–H and O–H groups in total. The zero-order valence-corrected chi connectivity index (χ0v) is 30.7. The number of nitrogens with zero attached hydrogens (tertiary/aromatic N) is 1. The van der Waals surface area contributed by atoms with E-state index < -0.39 is 0 Å². The van der Waals surface area contributed by atoms with Crippen LogP contribution in [0.5, 0.6) is 0 Å². The summed E-state index contributed by atoms with van der Waals surface area (Å²) in [5, 5.41) is 3.07. The van der Waals surface area contributed by atoms with Crippen LogP contribution in [0.1, 0.15) is 105 Å². The van der Waals surface area contributed by atoms with E-state index in [1.165, 1.54) is 78.3 Å². The third kappa shape index (κ3) is 7.67. The zero-order chi connectivity index (χ0) is 36.0. The van der Waals surface area contributed by atoms with Crippen molar-refractivity contribution in [1.29, 1.82) is 0 Å². The van der Waals surface area contributed by atoms with Crippen LogP contribution in [0.4, 0.5) is 5.69 Å². The monoisotopic (exact) mass is 689 g/mol. The standard InChI is InChI=1S/C47H51N3O2/c1-50(2)29-10-4-3-5-12-33-14-11-18-41-40(33)27-28-42-39-16-7-6-13-36(39)30-44(45(41)42)46(51)35-23-25-37(26-24-35)49-47(52)43-17-9-8-15-38(43)34-21-19-32(31-48)20-22-34/h6-9,13,15-17,19-28,33,44H,3-5,10-12,14,18,29-31,48H2,1-2H3,(H,49,52). The highest BCUT2D eigenvalue weighted by molar-refractivity contribution is 6.09. The molecule has 0 fully saturated rings. The first-order valence-electron chi connectivity index (χ1n) is 19.1. The molecule has 0 aromatic heterocycles. The molecule has 0 spiro atoms. The van der Waals surface area contributed by atoms with Crippen LogP contribution in [-0.2, 0) is 19.4 Å². The number of hydrogen-bond donors (Lipinski definition) is 2. The van der Waals surface area contributed by atoms with Gasteiger partial charge in [0.2, 0.25) is 0 Å². The van der Waals surface area contributed by atoms with Gasteiger partial charge in [-0.2, -0.15) is 0 Å². The van der Waals surface area contributed by atoms with Crippen molar-refractivity contribution in [3.05, 3.63) is 148 Å². The maximum absolute atomic E-state index is 14.6. The minimum atomic E-state index is -0.234. The molecule has 2 aliphatic rings. The number of unbranched alkanes of at least 4 members (excludes halogenated alkanes) is 3. The maximum Gasteiger partial charge on any atom is 0.256 e. The van der Waals surface area contributed by atoms with Crippen molar-refractivity contribution in [2.45, 2.75) is 76.2 Å². The molecule has 1 amide bonds. The van der Waals surface area contributed by atoms with Gasteiger partial charge in [0.25, 0.3) is 5.91 Å². The largest absolute Gasteiger partial charge is 0.326 e. The quantitative estimate of drug-likeness (QED) is 0.0953. The topological polar surface area (TPSA) is 75.4 Å². The molecule has 0 saturated heterocycles. The number of ketones is 1. The molecule has 2 unspecified atom stereocenters. The second-order valence-electron chi connectivity index (χ2n) is 14.9. The number of nitrogens with two attached hydrogens (primary N) is 1. The Hall–Kier alpha value is -4.84. The lowest BCUT2D eigenvalue weighted by molar-refractivity contribution is 0.0957. The molecule has 2 atom stereocenters. The van der Waals surface area contributed by atoms with Crippen LogP contribution in [0.3, 0.4) is 0 Å². The van der Waals surface area contributed by atoms with Crippen LogP contribution in [0.15, 0.2) is 109 Å². The fraction of sp³-hybridized carbons (Fsp3) is 0.319. The van der Waals surface area contributed by atoms with Crippen molar-refractivity contribution in [2.24, 2.45) is 5.73 Å². The number of hydrogen-bond acceptors (Lipinski definition) is 4. The molecule has 5 nitrogen and oxygen atoms in total. The summed E-state index contributed by atoms with van der Waals surface area (Å²) in [7, 11) is 4.30. The Bertz CT molecular complexity index is 2030. The third-order valence-electron chi connectivity index (χ3n) is 11.2. The van der Waals surface area contributed by atoms with Gasteiger partial charge in [-0.3, -0.25) is 9.59 Å². The Labute approximate surface area is 309 Å². The molecular weight excluding hydrogens is 639 g/mol. The van der Waals surface area contributed by atoms with Crippen molar-refractivity contribution < 1.29 is 9.59 Å². The van der Waals surface area contributed by atoms with Crippen molar-refractivity contribution >= 4 is 17.4 Å². The molecule has 0 aliphatic heterocycles. The fourth-order valence-corrected chi connectivity index (χ4v) is 8.51. The summed E-state index contributed by atoms with van der Waals surface area (Å²) in [4.78, 5) is 30.4. The SMILES string of the molecule is CN(C)CCCCCCC1CCCc2c1ccc1c2C(C(=O)c2ccc(NC(=O)c3ccccc3-c3ccc(CN)cc3)cc2)Cc2ccccc2-1. The average Bonchev–Trinajstić information content (AvgIpc) is 3.18. The summed E-state index contributed by atoms with van der Waals surface area (Å²) in [5.74, 6) is 0.290. The van der Waals surface area contributed by atoms with Gasteiger partial charge in [0.15, 0.2) is 5.78 Å². The molecule has 5 aromatic rings. The Morgan fingerprint density at radius 2 is 1.50 bits per heavy atom. The Balaban J connectivity index is 1.11. The molecule has 0 bridgehead atoms. The highest BCUT2D eigenvalue weighted by atomic mass is 16.1. The van der Waals surface area contributed by atoms with Gasteiger partial charge in [0, 0.05) is 23.4 Å². The third-order valence-corrected chi connectivity index (χ3v) is 11.2. The summed E-state index contributed by atoms with van der Waals surface area (Å²) >= 11 is 0. The van der Waals surface area contributed by atoms with Crippen molar-refractivity contribution in [1.82, 2.24) is 4.90 Å². The van der Waals surface area contributed by atoms with Crippen LogP contribution in [-0.4, -0.2) is 37.2 Å². The van der Waals surface area contributed by atoms with E-state index in [1.54, 1.807) is 0 Å². The van der Waals surface area contributed by atoms with Gasteiger partial charge in [-0.15, -0.1) is 0 Å². The van der Waals surface area contributed by atoms with E-state index in [0.29, 0.717) is 35.7 Å². The molecule has 5 aromatic carbocycles. The average molecular weight is 690 g/mol. The summed E-state index contributed by atoms with van der Waals surface area (Å²) in [5.41, 5.74) is 18.5. The first kappa shape index (κ1) is 35.6. The molecule has 2 aliphatic carbocycles. The summed E-state index contributed by atoms with van der Waals surface area (Å²) in [6.07, 6.45) is 10.5. The fourth-order valence-electron chi connectivity index (χ4n) is 8.51. The number of Topliss-reactive ketones (excluding diaryl/α,β-unsaturated/α-hetero) is 1. The van der Waals surface area contributed by atoms with Crippen molar-refractivity contribution in [2.75, 3.05) is 26.0 Å². The second-order valence-corrected chi connectivity index (χ2v) is 14.9. The normalized spacial score (nSPS) is 16.2. The number of rotatable bonds is 13. The van der Waals surface area contributed by atoms with E-state index in [2.05, 4.69) is 60.7 Å². The summed E-state index contributed by atoms with van der Waals surface area (Å²) in [6, 6.07) is 36.4. The van der Waals surface area contributed by atoms with E-state index in [9.17, 15) is 9.59 Å². The number of amides is 1. The predicted molar refractivity (Wildman–Crippen MR) is 214 cm³/mol. The highest BCUT2D eigenvalue weighted by Gasteiger charge is 2.35. The van der Waals surface area contributed by atoms with Gasteiger partial charge in [-0.05, 0) is 145 Å². The van der Waals surface area contributed by atoms with E-state index in [4.69, 9.17) is 5.73 Å². The van der Waals surface area contributed by atoms with Crippen LogP contribution < -0.4 is 11.1 Å². The molecule has 266 valence electrons. The van der Waals surface area contributed by atoms with Gasteiger partial charge in [0.1, 0.15) is 0 Å². The number of anilines is 1. The van der Waals surface area contributed by atoms with Crippen LogP contribution in [0, 0.1) is 0 Å². The lowest BCUT2D eigenvalue weighted by Crippen LogP contribution is -2.24. The van der Waals surface area contributed by atoms with E-state index in [-0.39, 0.29) is 17.6 Å². The molecule has 52 heavy (non-hydrogen) atoms. The molecule has 0 saturated carbocycles. The first-order chi connectivity index (χ1) is 25.4. The number of benzene rings is 5. The lowest BCUT2D eigenvalue weighted by atomic mass is 9.69. The molecule has 0 heterocycles. The van der Waals surface area contributed by atoms with Gasteiger partial charge in [-0.1, -0.05) is 98.1 Å². The second kappa shape index (κ2) is 16.2. The minimum Gasteiger partial charge on any atom is -0.326 e. The maximum atomic E-state index is 14.6. The van der Waals surface area contributed by atoms with E-state index >= 15 is 0 Å². The number of carbonyl (C=O) groups is 2. The van der Waals surface area contributed by atoms with E-state index in [1.807, 2.05) is 72.8 Å².